The van der Waals surface area contributed by atoms with Gasteiger partial charge in [-0.1, -0.05) is 164 Å². The number of pyridine rings is 1. The van der Waals surface area contributed by atoms with Crippen LogP contribution in [0.2, 0.25) is 0 Å². The summed E-state index contributed by atoms with van der Waals surface area (Å²) in [5, 5.41) is 4.45. The highest BCUT2D eigenvalue weighted by molar-refractivity contribution is 7.24. The van der Waals surface area contributed by atoms with E-state index in [1.54, 1.807) is 11.3 Å². The second kappa shape index (κ2) is 13.2. The fourth-order valence-electron chi connectivity index (χ4n) is 7.71. The molecule has 0 bridgehead atoms. The molecule has 0 saturated heterocycles. The van der Waals surface area contributed by atoms with Gasteiger partial charge in [0.1, 0.15) is 11.2 Å². The van der Waals surface area contributed by atoms with Crippen molar-refractivity contribution >= 4 is 54.3 Å². The van der Waals surface area contributed by atoms with Gasteiger partial charge in [-0.05, 0) is 23.8 Å². The maximum atomic E-state index is 6.67. The molecular weight excluding hydrogens is 705 g/mol. The molecule has 11 rings (SSSR count). The Morgan fingerprint density at radius 1 is 0.393 bits per heavy atom. The lowest BCUT2D eigenvalue weighted by atomic mass is 9.94. The molecule has 4 aromatic heterocycles. The number of para-hydroxylation sites is 3. The first-order valence-corrected chi connectivity index (χ1v) is 19.4. The molecule has 11 aromatic rings. The topological polar surface area (TPSA) is 64.7 Å². The van der Waals surface area contributed by atoms with Gasteiger partial charge in [-0.15, -0.1) is 11.3 Å². The van der Waals surface area contributed by atoms with Gasteiger partial charge in [-0.3, -0.25) is 0 Å². The Bertz CT molecular complexity index is 3170. The van der Waals surface area contributed by atoms with Gasteiger partial charge < -0.3 is 4.42 Å². The van der Waals surface area contributed by atoms with Crippen LogP contribution in [-0.2, 0) is 0 Å². The van der Waals surface area contributed by atoms with Gasteiger partial charge in [-0.2, -0.15) is 0 Å². The van der Waals surface area contributed by atoms with Crippen molar-refractivity contribution in [3.05, 3.63) is 182 Å². The van der Waals surface area contributed by atoms with E-state index in [1.807, 2.05) is 72.8 Å². The van der Waals surface area contributed by atoms with Crippen LogP contribution in [0.5, 0.6) is 0 Å². The van der Waals surface area contributed by atoms with Crippen LogP contribution in [0, 0.1) is 0 Å². The van der Waals surface area contributed by atoms with Gasteiger partial charge in [-0.25, -0.2) is 19.9 Å². The van der Waals surface area contributed by atoms with Crippen molar-refractivity contribution in [2.45, 2.75) is 0 Å². The summed E-state index contributed by atoms with van der Waals surface area (Å²) in [6.45, 7) is 0. The minimum atomic E-state index is 0.615. The van der Waals surface area contributed by atoms with Gasteiger partial charge in [0.05, 0.1) is 11.2 Å². The summed E-state index contributed by atoms with van der Waals surface area (Å²) in [5.74, 6) is 1.88. The smallest absolute Gasteiger partial charge is 0.164 e. The monoisotopic (exact) mass is 734 g/mol. The van der Waals surface area contributed by atoms with Crippen molar-refractivity contribution < 1.29 is 4.42 Å². The predicted molar refractivity (Wildman–Crippen MR) is 230 cm³/mol. The highest BCUT2D eigenvalue weighted by atomic mass is 32.1. The molecule has 0 saturated carbocycles. The maximum absolute atomic E-state index is 6.67. The van der Waals surface area contributed by atoms with E-state index >= 15 is 0 Å². The standard InChI is InChI=1S/C50H30N4OS/c1-4-15-32(16-5-1)44-43-42(31-27-29-35(30-28-31)50-53-48(33-17-6-2-7-18-33)52-49(54-50)34-19-8-3-9-20-34)47(56-46(43)38-22-10-12-25-40(38)51-44)39-24-14-23-37-36-21-11-13-26-41(36)55-45(37)39/h1-30H. The Kier molecular flexibility index (Phi) is 7.60. The van der Waals surface area contributed by atoms with Crippen molar-refractivity contribution in [3.63, 3.8) is 0 Å². The van der Waals surface area contributed by atoms with Crippen LogP contribution >= 0.6 is 11.3 Å². The number of hydrogen-bond donors (Lipinski definition) is 0. The summed E-state index contributed by atoms with van der Waals surface area (Å²) in [7, 11) is 0. The minimum Gasteiger partial charge on any atom is -0.455 e. The largest absolute Gasteiger partial charge is 0.455 e. The van der Waals surface area contributed by atoms with Gasteiger partial charge in [0, 0.05) is 64.5 Å². The second-order valence-electron chi connectivity index (χ2n) is 13.8. The Balaban J connectivity index is 1.16. The van der Waals surface area contributed by atoms with E-state index in [4.69, 9.17) is 24.4 Å². The van der Waals surface area contributed by atoms with E-state index < -0.39 is 0 Å². The molecule has 0 spiro atoms. The molecule has 7 aromatic carbocycles. The molecule has 6 heteroatoms. The maximum Gasteiger partial charge on any atom is 0.164 e. The first kappa shape index (κ1) is 32.2. The Morgan fingerprint density at radius 3 is 1.57 bits per heavy atom. The SMILES string of the molecule is c1ccc(-c2nc(-c3ccccc3)nc(-c3ccc(-c4c(-c5cccc6c5oc5ccccc56)sc5c4c(-c4ccccc4)nc4ccccc45)cc3)n2)cc1. The number of benzene rings is 7. The molecule has 0 amide bonds. The van der Waals surface area contributed by atoms with Gasteiger partial charge in [0.15, 0.2) is 17.5 Å². The van der Waals surface area contributed by atoms with Crippen LogP contribution < -0.4 is 0 Å². The summed E-state index contributed by atoms with van der Waals surface area (Å²) >= 11 is 1.80. The number of rotatable bonds is 6. The zero-order chi connectivity index (χ0) is 37.0. The Labute approximate surface area is 326 Å². The van der Waals surface area contributed by atoms with Gasteiger partial charge in [0.2, 0.25) is 0 Å². The van der Waals surface area contributed by atoms with Crippen LogP contribution in [0.3, 0.4) is 0 Å². The average molecular weight is 735 g/mol. The van der Waals surface area contributed by atoms with Gasteiger partial charge in [0.25, 0.3) is 0 Å². The quantitative estimate of drug-likeness (QED) is 0.170. The van der Waals surface area contributed by atoms with E-state index in [0.29, 0.717) is 17.5 Å². The van der Waals surface area contributed by atoms with Crippen LogP contribution in [0.1, 0.15) is 0 Å². The number of hydrogen-bond acceptors (Lipinski definition) is 6. The molecule has 0 aliphatic heterocycles. The van der Waals surface area contributed by atoms with Crippen molar-refractivity contribution in [2.24, 2.45) is 0 Å². The molecule has 56 heavy (non-hydrogen) atoms. The summed E-state index contributed by atoms with van der Waals surface area (Å²) in [5.41, 5.74) is 10.8. The summed E-state index contributed by atoms with van der Waals surface area (Å²) in [6, 6.07) is 62.5. The average Bonchev–Trinajstić information content (AvgIpc) is 3.87. The number of furan rings is 1. The lowest BCUT2D eigenvalue weighted by Gasteiger charge is -2.12. The van der Waals surface area contributed by atoms with Crippen molar-refractivity contribution in [2.75, 3.05) is 0 Å². The zero-order valence-corrected chi connectivity index (χ0v) is 30.7. The fourth-order valence-corrected chi connectivity index (χ4v) is 9.09. The fraction of sp³-hybridized carbons (Fsp3) is 0. The van der Waals surface area contributed by atoms with E-state index in [0.717, 1.165) is 87.7 Å². The number of aromatic nitrogens is 4. The van der Waals surface area contributed by atoms with E-state index in [-0.39, 0.29) is 0 Å². The number of fused-ring (bicyclic) bond motifs is 6. The molecule has 0 N–H and O–H groups in total. The van der Waals surface area contributed by atoms with Crippen LogP contribution in [0.4, 0.5) is 0 Å². The van der Waals surface area contributed by atoms with E-state index in [1.165, 1.54) is 4.70 Å². The lowest BCUT2D eigenvalue weighted by Crippen LogP contribution is -2.00. The van der Waals surface area contributed by atoms with Crippen molar-refractivity contribution in [3.8, 4) is 67.0 Å². The van der Waals surface area contributed by atoms with Crippen LogP contribution in [0.25, 0.3) is 110 Å². The van der Waals surface area contributed by atoms with Gasteiger partial charge >= 0.3 is 0 Å². The third-order valence-electron chi connectivity index (χ3n) is 10.4. The number of thiophene rings is 1. The first-order chi connectivity index (χ1) is 27.8. The second-order valence-corrected chi connectivity index (χ2v) is 14.8. The molecule has 0 aliphatic rings. The summed E-state index contributed by atoms with van der Waals surface area (Å²) < 4.78 is 7.86. The highest BCUT2D eigenvalue weighted by Gasteiger charge is 2.25. The minimum absolute atomic E-state index is 0.615. The predicted octanol–water partition coefficient (Wildman–Crippen LogP) is 13.5. The van der Waals surface area contributed by atoms with Crippen molar-refractivity contribution in [1.82, 2.24) is 19.9 Å². The lowest BCUT2D eigenvalue weighted by molar-refractivity contribution is 0.670. The Morgan fingerprint density at radius 2 is 0.911 bits per heavy atom. The molecular formula is C50H30N4OS. The van der Waals surface area contributed by atoms with Crippen LogP contribution in [-0.4, -0.2) is 19.9 Å². The first-order valence-electron chi connectivity index (χ1n) is 18.6. The molecule has 4 heterocycles. The van der Waals surface area contributed by atoms with E-state index in [9.17, 15) is 0 Å². The van der Waals surface area contributed by atoms with E-state index in [2.05, 4.69) is 109 Å². The molecule has 262 valence electrons. The molecule has 0 fully saturated rings. The van der Waals surface area contributed by atoms with Crippen LogP contribution in [0.15, 0.2) is 186 Å². The summed E-state index contributed by atoms with van der Waals surface area (Å²) in [4.78, 5) is 21.4. The third-order valence-corrected chi connectivity index (χ3v) is 11.6. The zero-order valence-electron chi connectivity index (χ0n) is 29.9. The summed E-state index contributed by atoms with van der Waals surface area (Å²) in [6.07, 6.45) is 0. The third kappa shape index (κ3) is 5.38. The molecule has 0 atom stereocenters. The Hall–Kier alpha value is -7.28. The molecule has 0 radical (unpaired) electrons. The normalized spacial score (nSPS) is 11.6. The molecule has 0 aliphatic carbocycles. The highest BCUT2D eigenvalue weighted by Crippen LogP contribution is 2.52. The number of nitrogens with zero attached hydrogens (tertiary/aromatic N) is 4. The molecule has 0 unspecified atom stereocenters. The van der Waals surface area contributed by atoms with Crippen molar-refractivity contribution in [1.29, 1.82) is 0 Å². The molecule has 5 nitrogen and oxygen atoms in total.